The summed E-state index contributed by atoms with van der Waals surface area (Å²) >= 11 is 0.966. The number of aromatic nitrogens is 2. The minimum Gasteiger partial charge on any atom is -0.462 e. The Bertz CT molecular complexity index is 1200. The van der Waals surface area contributed by atoms with Gasteiger partial charge in [0.25, 0.3) is 5.56 Å². The molecular weight excluding hydrogens is 573 g/mol. The highest BCUT2D eigenvalue weighted by molar-refractivity contribution is 8.13. The molecule has 0 unspecified atom stereocenters. The Balaban J connectivity index is 2.24. The van der Waals surface area contributed by atoms with Crippen LogP contribution < -0.4 is 16.3 Å². The van der Waals surface area contributed by atoms with E-state index in [2.05, 4.69) is 5.09 Å². The molecule has 0 aliphatic carbocycles. The maximum absolute atomic E-state index is 13.7. The van der Waals surface area contributed by atoms with Crippen molar-refractivity contribution in [2.45, 2.75) is 77.9 Å². The molecule has 1 aliphatic heterocycles. The van der Waals surface area contributed by atoms with Gasteiger partial charge in [-0.25, -0.2) is 14.4 Å². The number of nitrogens with one attached hydrogen (secondary N) is 2. The fraction of sp³-hybridized carbons (Fsp3) is 0.739. The molecule has 1 saturated heterocycles. The molecule has 0 saturated carbocycles. The lowest BCUT2D eigenvalue weighted by atomic mass is 10.00. The molecule has 1 aromatic heterocycles. The standard InChI is InChI=1S/C23H38N3O12PS/c1-13(2)37-19(30)14(3)25-39(33,35-10-11-40-20(31)22(4,5)6)36-12-23(34-7)17(29)16(28)18(38-23)26-9-8-15(27)24-21(26)32/h8-9,13-14,16-18,28-29H,10-12H2,1-7H3,(H,25,33)(H,24,27,32)/t14-,16-,17+,18-,23-,39-/m1/s1. The Morgan fingerprint density at radius 2 is 1.90 bits per heavy atom. The van der Waals surface area contributed by atoms with Crippen LogP contribution in [-0.2, 0) is 37.4 Å². The van der Waals surface area contributed by atoms with Crippen molar-refractivity contribution < 1.29 is 47.6 Å². The summed E-state index contributed by atoms with van der Waals surface area (Å²) in [5.41, 5.74) is -2.22. The summed E-state index contributed by atoms with van der Waals surface area (Å²) in [5.74, 6) is -2.79. The summed E-state index contributed by atoms with van der Waals surface area (Å²) in [6, 6.07) is -0.151. The molecule has 0 radical (unpaired) electrons. The van der Waals surface area contributed by atoms with Crippen molar-refractivity contribution in [3.05, 3.63) is 33.1 Å². The van der Waals surface area contributed by atoms with Gasteiger partial charge in [-0.3, -0.25) is 33.0 Å². The van der Waals surface area contributed by atoms with Crippen molar-refractivity contribution in [3.8, 4) is 0 Å². The number of carbonyl (C=O) groups excluding carboxylic acids is 2. The summed E-state index contributed by atoms with van der Waals surface area (Å²) < 4.78 is 41.6. The van der Waals surface area contributed by atoms with Gasteiger partial charge in [0.15, 0.2) is 11.3 Å². The number of H-pyrrole nitrogens is 1. The molecule has 0 aromatic carbocycles. The highest BCUT2D eigenvalue weighted by atomic mass is 32.2. The van der Waals surface area contributed by atoms with Crippen LogP contribution >= 0.6 is 19.5 Å². The summed E-state index contributed by atoms with van der Waals surface area (Å²) in [6.45, 7) is 8.86. The normalized spacial score (nSPS) is 25.5. The van der Waals surface area contributed by atoms with E-state index in [-0.39, 0.29) is 17.5 Å². The Morgan fingerprint density at radius 1 is 1.25 bits per heavy atom. The van der Waals surface area contributed by atoms with Gasteiger partial charge in [-0.1, -0.05) is 32.5 Å². The number of ether oxygens (including phenoxy) is 3. The Labute approximate surface area is 235 Å². The number of methoxy groups -OCH3 is 1. The van der Waals surface area contributed by atoms with Gasteiger partial charge in [0, 0.05) is 30.5 Å². The lowest BCUT2D eigenvalue weighted by Gasteiger charge is -2.32. The molecule has 15 nitrogen and oxygen atoms in total. The second-order valence-electron chi connectivity index (χ2n) is 10.3. The fourth-order valence-electron chi connectivity index (χ4n) is 3.38. The van der Waals surface area contributed by atoms with Crippen LogP contribution in [0.2, 0.25) is 0 Å². The molecule has 0 bridgehead atoms. The number of aromatic amines is 1. The van der Waals surface area contributed by atoms with E-state index in [9.17, 15) is 34.0 Å². The molecule has 6 atom stereocenters. The average molecular weight is 612 g/mol. The van der Waals surface area contributed by atoms with E-state index in [1.807, 2.05) is 4.98 Å². The number of aliphatic hydroxyl groups excluding tert-OH is 2. The number of nitrogens with zero attached hydrogens (tertiary/aromatic N) is 1. The van der Waals surface area contributed by atoms with Gasteiger partial charge in [0.1, 0.15) is 24.9 Å². The molecule has 1 aliphatic rings. The van der Waals surface area contributed by atoms with E-state index in [1.54, 1.807) is 34.6 Å². The first-order valence-corrected chi connectivity index (χ1v) is 14.9. The second-order valence-corrected chi connectivity index (χ2v) is 13.1. The SMILES string of the molecule is CO[C@]1(CO[P@@](=O)(N[C@H](C)C(=O)OC(C)C)OCCSC(=O)C(C)(C)C)O[C@@H](n2ccc(=O)[nH]c2=O)[C@H](O)[C@@H]1O. The summed E-state index contributed by atoms with van der Waals surface area (Å²) in [4.78, 5) is 50.2. The van der Waals surface area contributed by atoms with Gasteiger partial charge in [-0.2, -0.15) is 0 Å². The molecular formula is C23H38N3O12PS. The number of hydrogen-bond acceptors (Lipinski definition) is 13. The first-order chi connectivity index (χ1) is 18.4. The highest BCUT2D eigenvalue weighted by Gasteiger charge is 2.57. The molecule has 17 heteroatoms. The van der Waals surface area contributed by atoms with Crippen LogP contribution in [0.3, 0.4) is 0 Å². The first-order valence-electron chi connectivity index (χ1n) is 12.4. The Morgan fingerprint density at radius 3 is 2.45 bits per heavy atom. The zero-order valence-corrected chi connectivity index (χ0v) is 25.2. The molecule has 228 valence electrons. The van der Waals surface area contributed by atoms with Crippen molar-refractivity contribution in [1.29, 1.82) is 0 Å². The quantitative estimate of drug-likeness (QED) is 0.136. The van der Waals surface area contributed by atoms with Crippen LogP contribution in [-0.4, -0.2) is 87.1 Å². The van der Waals surface area contributed by atoms with Gasteiger partial charge in [-0.05, 0) is 20.8 Å². The highest BCUT2D eigenvalue weighted by Crippen LogP contribution is 2.48. The van der Waals surface area contributed by atoms with Crippen LogP contribution in [0.25, 0.3) is 0 Å². The largest absolute Gasteiger partial charge is 0.462 e. The molecule has 40 heavy (non-hydrogen) atoms. The maximum atomic E-state index is 13.7. The third kappa shape index (κ3) is 8.81. The molecule has 0 amide bonds. The smallest absolute Gasteiger partial charge is 0.406 e. The van der Waals surface area contributed by atoms with Crippen molar-refractivity contribution >= 4 is 30.6 Å². The average Bonchev–Trinajstić information content (AvgIpc) is 3.10. The number of thioether (sulfide) groups is 1. The van der Waals surface area contributed by atoms with Crippen LogP contribution in [0.4, 0.5) is 0 Å². The topological polar surface area (TPSA) is 205 Å². The number of hydrogen-bond donors (Lipinski definition) is 4. The van der Waals surface area contributed by atoms with Gasteiger partial charge >= 0.3 is 19.4 Å². The number of carbonyl (C=O) groups is 2. The van der Waals surface area contributed by atoms with E-state index in [0.717, 1.165) is 35.7 Å². The van der Waals surface area contributed by atoms with Crippen molar-refractivity contribution in [3.63, 3.8) is 0 Å². The predicted molar refractivity (Wildman–Crippen MR) is 143 cm³/mol. The van der Waals surface area contributed by atoms with E-state index in [1.165, 1.54) is 6.92 Å². The van der Waals surface area contributed by atoms with E-state index in [0.29, 0.717) is 0 Å². The van der Waals surface area contributed by atoms with Crippen molar-refractivity contribution in [1.82, 2.24) is 14.6 Å². The van der Waals surface area contributed by atoms with Crippen LogP contribution in [0.1, 0.15) is 47.8 Å². The van der Waals surface area contributed by atoms with Crippen LogP contribution in [0.5, 0.6) is 0 Å². The van der Waals surface area contributed by atoms with Gasteiger partial charge < -0.3 is 24.4 Å². The second kappa shape index (κ2) is 13.9. The van der Waals surface area contributed by atoms with Crippen LogP contribution in [0.15, 0.2) is 21.9 Å². The third-order valence-corrected chi connectivity index (χ3v) is 8.48. The predicted octanol–water partition coefficient (Wildman–Crippen LogP) is 0.507. The summed E-state index contributed by atoms with van der Waals surface area (Å²) in [5, 5.41) is 23.7. The summed E-state index contributed by atoms with van der Waals surface area (Å²) in [6.07, 6.45) is -4.47. The minimum atomic E-state index is -4.38. The zero-order valence-electron chi connectivity index (χ0n) is 23.4. The van der Waals surface area contributed by atoms with Gasteiger partial charge in [0.05, 0.1) is 12.7 Å². The van der Waals surface area contributed by atoms with E-state index in [4.69, 9.17) is 23.3 Å². The number of esters is 1. The van der Waals surface area contributed by atoms with E-state index < -0.39 is 73.4 Å². The van der Waals surface area contributed by atoms with Crippen molar-refractivity contribution in [2.24, 2.45) is 5.41 Å². The molecule has 1 fully saturated rings. The monoisotopic (exact) mass is 611 g/mol. The number of rotatable bonds is 13. The maximum Gasteiger partial charge on any atom is 0.406 e. The number of aliphatic hydroxyl groups is 2. The lowest BCUT2D eigenvalue weighted by molar-refractivity contribution is -0.267. The molecule has 2 rings (SSSR count). The molecule has 1 aromatic rings. The third-order valence-electron chi connectivity index (χ3n) is 5.54. The van der Waals surface area contributed by atoms with Gasteiger partial charge in [-0.15, -0.1) is 0 Å². The lowest BCUT2D eigenvalue weighted by Crippen LogP contribution is -2.49. The Kier molecular flexibility index (Phi) is 11.9. The van der Waals surface area contributed by atoms with Crippen molar-refractivity contribution in [2.75, 3.05) is 26.1 Å². The Hall–Kier alpha value is -1.88. The molecule has 4 N–H and O–H groups in total. The zero-order chi connectivity index (χ0) is 30.5. The first kappa shape index (κ1) is 34.3. The molecule has 0 spiro atoms. The fourth-order valence-corrected chi connectivity index (χ4v) is 5.77. The van der Waals surface area contributed by atoms with Gasteiger partial charge in [0.2, 0.25) is 5.79 Å². The summed E-state index contributed by atoms with van der Waals surface area (Å²) in [7, 11) is -3.26. The van der Waals surface area contributed by atoms with E-state index >= 15 is 0 Å². The van der Waals surface area contributed by atoms with Crippen LogP contribution in [0, 0.1) is 5.41 Å². The minimum absolute atomic E-state index is 0.112. The molecule has 2 heterocycles.